The Morgan fingerprint density at radius 2 is 1.30 bits per heavy atom. The van der Waals surface area contributed by atoms with E-state index >= 15 is 0 Å². The third-order valence-electron chi connectivity index (χ3n) is 0. The molecule has 50 valence electrons. The fraction of sp³-hybridized carbons (Fsp3) is 0.750. The molecule has 0 bridgehead atoms. The Labute approximate surface area is 84.0 Å². The Morgan fingerprint density at radius 3 is 1.30 bits per heavy atom. The molecule has 0 heterocycles. The fourth-order valence-corrected chi connectivity index (χ4v) is 0. The van der Waals surface area contributed by atoms with E-state index in [0.29, 0.717) is 0 Å². The van der Waals surface area contributed by atoms with E-state index in [1.807, 2.05) is 0 Å². The summed E-state index contributed by atoms with van der Waals surface area (Å²) < 4.78 is 0. The minimum absolute atomic E-state index is 0. The van der Waals surface area contributed by atoms with Gasteiger partial charge in [-0.1, -0.05) is 0 Å². The van der Waals surface area contributed by atoms with Crippen LogP contribution in [0.1, 0.15) is 13.8 Å². The van der Waals surface area contributed by atoms with Crippen molar-refractivity contribution >= 4 is 6.16 Å². The summed E-state index contributed by atoms with van der Waals surface area (Å²) in [7, 11) is 0. The molecule has 0 radical (unpaired) electrons. The van der Waals surface area contributed by atoms with Gasteiger partial charge >= 0.3 is 37.7 Å². The van der Waals surface area contributed by atoms with E-state index in [1.54, 1.807) is 13.8 Å². The molecule has 0 aromatic rings. The second-order valence-corrected chi connectivity index (χ2v) is 1.34. The second kappa shape index (κ2) is 16.2. The summed E-state index contributed by atoms with van der Waals surface area (Å²) in [6.07, 6.45) is -2.50. The molecule has 0 aliphatic heterocycles. The van der Waals surface area contributed by atoms with Crippen molar-refractivity contribution in [2.75, 3.05) is 0 Å². The second-order valence-electron chi connectivity index (χ2n) is 1.34. The van der Waals surface area contributed by atoms with Crippen molar-refractivity contribution in [3.8, 4) is 0 Å². The Bertz CT molecular complexity index is 59.5. The molecule has 0 unspecified atom stereocenters. The largest absolute Gasteiger partial charge is 1.00 e. The molecular weight excluding hydrogens is 126 g/mol. The third kappa shape index (κ3) is 2570. The summed E-state index contributed by atoms with van der Waals surface area (Å²) in [5, 5.41) is 24.7. The van der Waals surface area contributed by atoms with Crippen molar-refractivity contribution in [3.63, 3.8) is 0 Å². The van der Waals surface area contributed by atoms with Gasteiger partial charge in [-0.2, -0.15) is 0 Å². The average molecular weight is 134 g/mol. The van der Waals surface area contributed by atoms with Crippen LogP contribution in [-0.4, -0.2) is 17.4 Å². The number of carbonyl (C=O) groups is 1. The first-order chi connectivity index (χ1) is 3.46. The smallest absolute Gasteiger partial charge is 0.652 e. The zero-order chi connectivity index (χ0) is 7.15. The van der Waals surface area contributed by atoms with Gasteiger partial charge in [0.25, 0.3) is 0 Å². The quantitative estimate of drug-likeness (QED) is 0.333. The molecule has 0 saturated heterocycles. The minimum atomic E-state index is -2.33. The summed E-state index contributed by atoms with van der Waals surface area (Å²) in [6, 6.07) is 0. The Morgan fingerprint density at radius 1 is 1.30 bits per heavy atom. The summed E-state index contributed by atoms with van der Waals surface area (Å²) >= 11 is 0. The number of carbonyl (C=O) groups excluding carboxylic acids is 1. The Balaban J connectivity index is -0.0000000300. The van der Waals surface area contributed by atoms with Crippen molar-refractivity contribution in [2.24, 2.45) is 0 Å². The summed E-state index contributed by atoms with van der Waals surface area (Å²) in [5.41, 5.74) is 0. The van der Waals surface area contributed by atoms with Crippen LogP contribution >= 0.6 is 0 Å². The number of carboxylic acid groups (broad SMARTS) is 2. The van der Waals surface area contributed by atoms with Gasteiger partial charge in [0.05, 0.1) is 0 Å². The zero-order valence-electron chi connectivity index (χ0n) is 6.75. The van der Waals surface area contributed by atoms with Gasteiger partial charge < -0.3 is 20.1 Å². The van der Waals surface area contributed by atoms with Gasteiger partial charge in [0.2, 0.25) is 0 Å². The molecule has 0 aliphatic carbocycles. The number of hydrogen-bond acceptors (Lipinski definition) is 4. The molecule has 0 aromatic carbocycles. The summed E-state index contributed by atoms with van der Waals surface area (Å²) in [4.78, 5) is 8.33. The van der Waals surface area contributed by atoms with Gasteiger partial charge in [0, 0.05) is 6.10 Å². The maximum absolute atomic E-state index is 8.33. The fourth-order valence-electron chi connectivity index (χ4n) is 0. The van der Waals surface area contributed by atoms with Crippen molar-refractivity contribution in [1.29, 1.82) is 0 Å². The average Bonchev–Trinajstić information content (AvgIpc) is 1.25. The van der Waals surface area contributed by atoms with Gasteiger partial charge in [0.1, 0.15) is 0 Å². The van der Waals surface area contributed by atoms with Crippen molar-refractivity contribution in [3.05, 3.63) is 0 Å². The number of hydrogen-bond donors (Lipinski definition) is 1. The molecule has 0 aromatic heterocycles. The predicted octanol–water partition coefficient (Wildman–Crippen LogP) is -8.05. The first kappa shape index (κ1) is 22.4. The molecular formula is C4H8Li2O4. The van der Waals surface area contributed by atoms with E-state index in [9.17, 15) is 0 Å². The van der Waals surface area contributed by atoms with Gasteiger partial charge in [-0.05, 0) is 20.0 Å². The number of rotatable bonds is 0. The summed E-state index contributed by atoms with van der Waals surface area (Å²) in [6.45, 7) is 3.44. The SMILES string of the molecule is CC(C)O.O=C([O-])[O-].[Li+].[Li+]. The molecule has 1 N–H and O–H groups in total. The van der Waals surface area contributed by atoms with Crippen molar-refractivity contribution in [2.45, 2.75) is 20.0 Å². The first-order valence-electron chi connectivity index (χ1n) is 2.03. The molecule has 0 atom stereocenters. The van der Waals surface area contributed by atoms with Crippen LogP contribution in [0.25, 0.3) is 0 Å². The normalized spacial score (nSPS) is 6.00. The van der Waals surface area contributed by atoms with Crippen LogP contribution in [0.5, 0.6) is 0 Å². The molecule has 0 amide bonds. The van der Waals surface area contributed by atoms with E-state index in [2.05, 4.69) is 0 Å². The monoisotopic (exact) mass is 134 g/mol. The standard InChI is InChI=1S/C3H8O.CH2O3.2Li/c1-3(2)4;2-1(3)4;;/h3-4H,1-2H3;(H2,2,3,4);;/q;;2*+1/p-2. The van der Waals surface area contributed by atoms with Gasteiger partial charge in [0.15, 0.2) is 0 Å². The maximum atomic E-state index is 8.33. The van der Waals surface area contributed by atoms with Crippen LogP contribution in [0.15, 0.2) is 0 Å². The number of aliphatic hydroxyl groups is 1. The zero-order valence-corrected chi connectivity index (χ0v) is 6.75. The van der Waals surface area contributed by atoms with Crippen LogP contribution < -0.4 is 47.9 Å². The topological polar surface area (TPSA) is 83.4 Å². The molecule has 0 aliphatic rings. The van der Waals surface area contributed by atoms with Crippen molar-refractivity contribution < 1.29 is 57.8 Å². The van der Waals surface area contributed by atoms with E-state index < -0.39 is 6.16 Å². The van der Waals surface area contributed by atoms with E-state index in [-0.39, 0.29) is 43.8 Å². The predicted molar refractivity (Wildman–Crippen MR) is 22.8 cm³/mol. The Kier molecular flexibility index (Phi) is 36.4. The summed E-state index contributed by atoms with van der Waals surface area (Å²) in [5.74, 6) is 0. The van der Waals surface area contributed by atoms with E-state index in [4.69, 9.17) is 20.1 Å². The first-order valence-corrected chi connectivity index (χ1v) is 2.03. The van der Waals surface area contributed by atoms with E-state index in [0.717, 1.165) is 0 Å². The van der Waals surface area contributed by atoms with E-state index in [1.165, 1.54) is 0 Å². The molecule has 6 heteroatoms. The molecule has 0 fully saturated rings. The molecule has 0 rings (SSSR count). The van der Waals surface area contributed by atoms with Crippen LogP contribution in [0.2, 0.25) is 0 Å². The van der Waals surface area contributed by atoms with Gasteiger partial charge in [-0.3, -0.25) is 0 Å². The van der Waals surface area contributed by atoms with Crippen LogP contribution in [0.3, 0.4) is 0 Å². The van der Waals surface area contributed by atoms with Crippen LogP contribution in [-0.2, 0) is 0 Å². The van der Waals surface area contributed by atoms with Gasteiger partial charge in [-0.15, -0.1) is 0 Å². The number of aliphatic hydroxyl groups excluding tert-OH is 1. The Hall–Kier alpha value is 0.425. The van der Waals surface area contributed by atoms with Crippen molar-refractivity contribution in [1.82, 2.24) is 0 Å². The molecule has 10 heavy (non-hydrogen) atoms. The van der Waals surface area contributed by atoms with Gasteiger partial charge in [-0.25, -0.2) is 0 Å². The molecule has 0 saturated carbocycles. The van der Waals surface area contributed by atoms with Crippen LogP contribution in [0.4, 0.5) is 4.79 Å². The minimum Gasteiger partial charge on any atom is -0.652 e. The molecule has 4 nitrogen and oxygen atoms in total. The third-order valence-corrected chi connectivity index (χ3v) is 0. The van der Waals surface area contributed by atoms with Crippen LogP contribution in [0, 0.1) is 0 Å². The molecule has 0 spiro atoms. The maximum Gasteiger partial charge on any atom is 1.00 e.